The summed E-state index contributed by atoms with van der Waals surface area (Å²) in [5.41, 5.74) is 6.41. The molecule has 3 unspecified atom stereocenters. The van der Waals surface area contributed by atoms with E-state index in [1.54, 1.807) is 6.07 Å². The van der Waals surface area contributed by atoms with Gasteiger partial charge in [0.15, 0.2) is 11.6 Å². The van der Waals surface area contributed by atoms with Crippen LogP contribution >= 0.6 is 0 Å². The van der Waals surface area contributed by atoms with Crippen molar-refractivity contribution in [2.45, 2.75) is 37.3 Å². The largest absolute Gasteiger partial charge is 0.378 e. The lowest BCUT2D eigenvalue weighted by Crippen LogP contribution is -2.46. The van der Waals surface area contributed by atoms with Gasteiger partial charge >= 0.3 is 0 Å². The van der Waals surface area contributed by atoms with E-state index in [1.165, 1.54) is 6.07 Å². The first-order chi connectivity index (χ1) is 10.1. The molecule has 3 rings (SSSR count). The molecule has 0 amide bonds. The van der Waals surface area contributed by atoms with Crippen LogP contribution in [0.5, 0.6) is 0 Å². The molecule has 1 aromatic rings. The molecule has 0 aromatic heterocycles. The predicted molar refractivity (Wildman–Crippen MR) is 74.9 cm³/mol. The SMILES string of the molecule is NC(Cc1cccc(F)c1F)C1CCOC2(CCOC2)C1. The summed E-state index contributed by atoms with van der Waals surface area (Å²) in [4.78, 5) is 0. The van der Waals surface area contributed by atoms with Crippen LogP contribution in [0.2, 0.25) is 0 Å². The van der Waals surface area contributed by atoms with Crippen LogP contribution < -0.4 is 5.73 Å². The highest BCUT2D eigenvalue weighted by atomic mass is 19.2. The Hall–Kier alpha value is -1.04. The summed E-state index contributed by atoms with van der Waals surface area (Å²) >= 11 is 0. The van der Waals surface area contributed by atoms with Gasteiger partial charge in [0.25, 0.3) is 0 Å². The van der Waals surface area contributed by atoms with Crippen LogP contribution in [0.15, 0.2) is 18.2 Å². The van der Waals surface area contributed by atoms with E-state index in [0.29, 0.717) is 25.2 Å². The van der Waals surface area contributed by atoms with Gasteiger partial charge in [-0.3, -0.25) is 0 Å². The van der Waals surface area contributed by atoms with Gasteiger partial charge in [-0.25, -0.2) is 8.78 Å². The average molecular weight is 297 g/mol. The smallest absolute Gasteiger partial charge is 0.162 e. The van der Waals surface area contributed by atoms with E-state index < -0.39 is 11.6 Å². The van der Waals surface area contributed by atoms with Gasteiger partial charge in [-0.05, 0) is 36.8 Å². The van der Waals surface area contributed by atoms with Gasteiger partial charge in [-0.1, -0.05) is 12.1 Å². The first-order valence-corrected chi connectivity index (χ1v) is 7.50. The van der Waals surface area contributed by atoms with Crippen molar-refractivity contribution in [3.63, 3.8) is 0 Å². The maximum absolute atomic E-state index is 13.7. The number of nitrogens with two attached hydrogens (primary N) is 1. The fourth-order valence-electron chi connectivity index (χ4n) is 3.42. The standard InChI is InChI=1S/C16H21F2NO2/c17-13-3-1-2-11(15(13)18)8-14(19)12-4-6-21-16(9-12)5-7-20-10-16/h1-3,12,14H,4-10,19H2. The minimum atomic E-state index is -0.813. The molecule has 0 saturated carbocycles. The molecule has 3 nitrogen and oxygen atoms in total. The van der Waals surface area contributed by atoms with Crippen molar-refractivity contribution in [1.29, 1.82) is 0 Å². The summed E-state index contributed by atoms with van der Waals surface area (Å²) < 4.78 is 38.3. The second kappa shape index (κ2) is 5.99. The normalized spacial score (nSPS) is 30.7. The zero-order valence-corrected chi connectivity index (χ0v) is 12.0. The number of hydrogen-bond acceptors (Lipinski definition) is 3. The van der Waals surface area contributed by atoms with Crippen molar-refractivity contribution in [3.05, 3.63) is 35.4 Å². The molecule has 0 aliphatic carbocycles. The number of halogens is 2. The lowest BCUT2D eigenvalue weighted by atomic mass is 9.79. The average Bonchev–Trinajstić information content (AvgIpc) is 2.92. The lowest BCUT2D eigenvalue weighted by molar-refractivity contribution is -0.101. The Morgan fingerprint density at radius 2 is 2.19 bits per heavy atom. The second-order valence-corrected chi connectivity index (χ2v) is 6.17. The molecule has 2 aliphatic heterocycles. The van der Waals surface area contributed by atoms with E-state index in [0.717, 1.165) is 31.9 Å². The van der Waals surface area contributed by atoms with Crippen molar-refractivity contribution in [1.82, 2.24) is 0 Å². The minimum Gasteiger partial charge on any atom is -0.378 e. The van der Waals surface area contributed by atoms with Crippen LogP contribution in [0.1, 0.15) is 24.8 Å². The fraction of sp³-hybridized carbons (Fsp3) is 0.625. The summed E-state index contributed by atoms with van der Waals surface area (Å²) in [6, 6.07) is 4.06. The maximum atomic E-state index is 13.7. The Kier molecular flexibility index (Phi) is 4.24. The first kappa shape index (κ1) is 14.9. The maximum Gasteiger partial charge on any atom is 0.162 e. The van der Waals surface area contributed by atoms with E-state index in [2.05, 4.69) is 0 Å². The van der Waals surface area contributed by atoms with Crippen LogP contribution in [0.3, 0.4) is 0 Å². The molecule has 2 N–H and O–H groups in total. The summed E-state index contributed by atoms with van der Waals surface area (Å²) in [6.07, 6.45) is 2.95. The number of benzene rings is 1. The van der Waals surface area contributed by atoms with Crippen LogP contribution in [0.4, 0.5) is 8.78 Å². The summed E-state index contributed by atoms with van der Waals surface area (Å²) in [5, 5.41) is 0. The Labute approximate surface area is 123 Å². The third-order valence-electron chi connectivity index (χ3n) is 4.69. The van der Waals surface area contributed by atoms with E-state index in [4.69, 9.17) is 15.2 Å². The third-order valence-corrected chi connectivity index (χ3v) is 4.69. The van der Waals surface area contributed by atoms with E-state index >= 15 is 0 Å². The molecule has 3 atom stereocenters. The van der Waals surface area contributed by atoms with Crippen molar-refractivity contribution in [2.75, 3.05) is 19.8 Å². The van der Waals surface area contributed by atoms with Crippen LogP contribution in [0, 0.1) is 17.6 Å². The second-order valence-electron chi connectivity index (χ2n) is 6.17. The highest BCUT2D eigenvalue weighted by molar-refractivity contribution is 5.20. The van der Waals surface area contributed by atoms with E-state index in [1.807, 2.05) is 0 Å². The van der Waals surface area contributed by atoms with Gasteiger partial charge < -0.3 is 15.2 Å². The summed E-state index contributed by atoms with van der Waals surface area (Å²) in [5.74, 6) is -1.34. The monoisotopic (exact) mass is 297 g/mol. The molecular formula is C16H21F2NO2. The molecule has 2 heterocycles. The molecular weight excluding hydrogens is 276 g/mol. The van der Waals surface area contributed by atoms with Crippen molar-refractivity contribution < 1.29 is 18.3 Å². The van der Waals surface area contributed by atoms with Gasteiger partial charge in [-0.15, -0.1) is 0 Å². The number of rotatable bonds is 3. The van der Waals surface area contributed by atoms with Gasteiger partial charge in [0.1, 0.15) is 0 Å². The Morgan fingerprint density at radius 1 is 1.33 bits per heavy atom. The summed E-state index contributed by atoms with van der Waals surface area (Å²) in [6.45, 7) is 2.00. The minimum absolute atomic E-state index is 0.192. The van der Waals surface area contributed by atoms with Gasteiger partial charge in [-0.2, -0.15) is 0 Å². The van der Waals surface area contributed by atoms with Crippen molar-refractivity contribution in [3.8, 4) is 0 Å². The molecule has 2 saturated heterocycles. The number of hydrogen-bond donors (Lipinski definition) is 1. The first-order valence-electron chi connectivity index (χ1n) is 7.50. The topological polar surface area (TPSA) is 44.5 Å². The molecule has 116 valence electrons. The van der Waals surface area contributed by atoms with E-state index in [-0.39, 0.29) is 17.6 Å². The number of ether oxygens (including phenoxy) is 2. The lowest BCUT2D eigenvalue weighted by Gasteiger charge is -2.39. The predicted octanol–water partition coefficient (Wildman–Crippen LogP) is 2.42. The fourth-order valence-corrected chi connectivity index (χ4v) is 3.42. The quantitative estimate of drug-likeness (QED) is 0.932. The molecule has 2 fully saturated rings. The van der Waals surface area contributed by atoms with Crippen LogP contribution in [-0.4, -0.2) is 31.5 Å². The van der Waals surface area contributed by atoms with Gasteiger partial charge in [0.05, 0.1) is 12.2 Å². The van der Waals surface area contributed by atoms with Crippen LogP contribution in [0.25, 0.3) is 0 Å². The summed E-state index contributed by atoms with van der Waals surface area (Å²) in [7, 11) is 0. The zero-order chi connectivity index (χ0) is 14.9. The van der Waals surface area contributed by atoms with Gasteiger partial charge in [0.2, 0.25) is 0 Å². The molecule has 2 aliphatic rings. The Balaban J connectivity index is 1.67. The van der Waals surface area contributed by atoms with Gasteiger partial charge in [0, 0.05) is 25.7 Å². The molecule has 21 heavy (non-hydrogen) atoms. The zero-order valence-electron chi connectivity index (χ0n) is 12.0. The van der Waals surface area contributed by atoms with Crippen LogP contribution in [-0.2, 0) is 15.9 Å². The van der Waals surface area contributed by atoms with E-state index in [9.17, 15) is 8.78 Å². The third kappa shape index (κ3) is 3.10. The molecule has 1 aromatic carbocycles. The van der Waals surface area contributed by atoms with Crippen molar-refractivity contribution >= 4 is 0 Å². The molecule has 0 bridgehead atoms. The Bertz CT molecular complexity index is 503. The highest BCUT2D eigenvalue weighted by Gasteiger charge is 2.42. The molecule has 1 spiro atoms. The Morgan fingerprint density at radius 3 is 2.95 bits per heavy atom. The molecule has 0 radical (unpaired) electrons. The highest BCUT2D eigenvalue weighted by Crippen LogP contribution is 2.37. The molecule has 5 heteroatoms. The van der Waals surface area contributed by atoms with Crippen molar-refractivity contribution in [2.24, 2.45) is 11.7 Å².